The molecule has 1 aromatic heterocycles. The van der Waals surface area contributed by atoms with Gasteiger partial charge >= 0.3 is 0 Å². The standard InChI is InChI=1S/C9H11F3N2O/c1-14(4-8(11)12)9-6(5-15)2-7(10)3-13-9/h2-3,8,15H,4-5H2,1H3. The number of rotatable bonds is 4. The van der Waals surface area contributed by atoms with E-state index >= 15 is 0 Å². The van der Waals surface area contributed by atoms with Gasteiger partial charge in [-0.25, -0.2) is 18.2 Å². The zero-order chi connectivity index (χ0) is 11.4. The summed E-state index contributed by atoms with van der Waals surface area (Å²) in [6.45, 7) is -0.945. The molecular formula is C9H11F3N2O. The van der Waals surface area contributed by atoms with Gasteiger partial charge in [-0.05, 0) is 6.07 Å². The molecule has 3 nitrogen and oxygen atoms in total. The van der Waals surface area contributed by atoms with Crippen molar-refractivity contribution in [2.45, 2.75) is 13.0 Å². The molecule has 0 unspecified atom stereocenters. The van der Waals surface area contributed by atoms with Crippen molar-refractivity contribution in [1.29, 1.82) is 0 Å². The van der Waals surface area contributed by atoms with E-state index in [4.69, 9.17) is 5.11 Å². The zero-order valence-electron chi connectivity index (χ0n) is 8.12. The van der Waals surface area contributed by atoms with Gasteiger partial charge in [0.15, 0.2) is 0 Å². The van der Waals surface area contributed by atoms with Gasteiger partial charge < -0.3 is 10.0 Å². The highest BCUT2D eigenvalue weighted by molar-refractivity contribution is 5.45. The van der Waals surface area contributed by atoms with E-state index in [-0.39, 0.29) is 11.4 Å². The van der Waals surface area contributed by atoms with Gasteiger partial charge in [0.05, 0.1) is 19.3 Å². The van der Waals surface area contributed by atoms with Crippen LogP contribution in [0.5, 0.6) is 0 Å². The molecule has 0 spiro atoms. The van der Waals surface area contributed by atoms with Crippen LogP contribution < -0.4 is 4.90 Å². The third-order valence-electron chi connectivity index (χ3n) is 1.85. The largest absolute Gasteiger partial charge is 0.392 e. The molecule has 0 aliphatic heterocycles. The Hall–Kier alpha value is -1.30. The monoisotopic (exact) mass is 220 g/mol. The molecule has 1 aromatic rings. The predicted molar refractivity (Wildman–Crippen MR) is 49.4 cm³/mol. The van der Waals surface area contributed by atoms with Crippen LogP contribution in [0.3, 0.4) is 0 Å². The fourth-order valence-electron chi connectivity index (χ4n) is 1.23. The molecule has 0 fully saturated rings. The Kier molecular flexibility index (Phi) is 3.90. The number of anilines is 1. The molecule has 15 heavy (non-hydrogen) atoms. The maximum absolute atomic E-state index is 12.7. The number of halogens is 3. The molecule has 0 saturated carbocycles. The molecule has 0 radical (unpaired) electrons. The van der Waals surface area contributed by atoms with Crippen LogP contribution in [0.1, 0.15) is 5.56 Å². The first-order valence-corrected chi connectivity index (χ1v) is 4.29. The molecule has 0 amide bonds. The van der Waals surface area contributed by atoms with Crippen molar-refractivity contribution in [3.05, 3.63) is 23.6 Å². The minimum Gasteiger partial charge on any atom is -0.392 e. The molecule has 0 saturated heterocycles. The molecule has 0 aliphatic carbocycles. The van der Waals surface area contributed by atoms with Crippen LogP contribution >= 0.6 is 0 Å². The molecule has 84 valence electrons. The number of aliphatic hydroxyl groups excluding tert-OH is 1. The van der Waals surface area contributed by atoms with Crippen LogP contribution in [0.15, 0.2) is 12.3 Å². The smallest absolute Gasteiger partial charge is 0.255 e. The maximum Gasteiger partial charge on any atom is 0.255 e. The van der Waals surface area contributed by atoms with Gasteiger partial charge in [0.1, 0.15) is 11.6 Å². The second-order valence-electron chi connectivity index (χ2n) is 3.07. The summed E-state index contributed by atoms with van der Waals surface area (Å²) in [6.07, 6.45) is -1.58. The van der Waals surface area contributed by atoms with E-state index in [0.717, 1.165) is 12.3 Å². The Morgan fingerprint density at radius 2 is 2.20 bits per heavy atom. The lowest BCUT2D eigenvalue weighted by Crippen LogP contribution is -2.26. The highest BCUT2D eigenvalue weighted by atomic mass is 19.3. The molecule has 0 aromatic carbocycles. The number of aliphatic hydroxyl groups is 1. The summed E-state index contributed by atoms with van der Waals surface area (Å²) in [5.41, 5.74) is 0.193. The van der Waals surface area contributed by atoms with Crippen molar-refractivity contribution in [3.63, 3.8) is 0 Å². The van der Waals surface area contributed by atoms with Crippen molar-refractivity contribution in [3.8, 4) is 0 Å². The van der Waals surface area contributed by atoms with Crippen LogP contribution in [0.25, 0.3) is 0 Å². The molecule has 1 heterocycles. The average molecular weight is 220 g/mol. The van der Waals surface area contributed by atoms with E-state index in [1.807, 2.05) is 0 Å². The van der Waals surface area contributed by atoms with Gasteiger partial charge in [0, 0.05) is 12.6 Å². The number of alkyl halides is 2. The molecular weight excluding hydrogens is 209 g/mol. The van der Waals surface area contributed by atoms with Gasteiger partial charge in [0.2, 0.25) is 0 Å². The lowest BCUT2D eigenvalue weighted by Gasteiger charge is -2.19. The van der Waals surface area contributed by atoms with Crippen LogP contribution in [0, 0.1) is 5.82 Å². The number of hydrogen-bond acceptors (Lipinski definition) is 3. The predicted octanol–water partition coefficient (Wildman–Crippen LogP) is 1.41. The Bertz CT molecular complexity index is 333. The second-order valence-corrected chi connectivity index (χ2v) is 3.07. The number of nitrogens with zero attached hydrogens (tertiary/aromatic N) is 2. The van der Waals surface area contributed by atoms with Gasteiger partial charge in [-0.3, -0.25) is 0 Å². The molecule has 0 bridgehead atoms. The van der Waals surface area contributed by atoms with Crippen molar-refractivity contribution in [2.75, 3.05) is 18.5 Å². The topological polar surface area (TPSA) is 36.4 Å². The Labute approximate surface area is 85.2 Å². The fourth-order valence-corrected chi connectivity index (χ4v) is 1.23. The first-order valence-electron chi connectivity index (χ1n) is 4.29. The molecule has 1 N–H and O–H groups in total. The Balaban J connectivity index is 2.92. The van der Waals surface area contributed by atoms with Gasteiger partial charge in [-0.15, -0.1) is 0 Å². The first kappa shape index (κ1) is 11.8. The van der Waals surface area contributed by atoms with E-state index in [1.54, 1.807) is 0 Å². The van der Waals surface area contributed by atoms with E-state index in [1.165, 1.54) is 11.9 Å². The van der Waals surface area contributed by atoms with Crippen molar-refractivity contribution >= 4 is 5.82 Å². The van der Waals surface area contributed by atoms with Crippen LogP contribution in [-0.2, 0) is 6.61 Å². The minimum atomic E-state index is -2.51. The highest BCUT2D eigenvalue weighted by Crippen LogP contribution is 2.17. The van der Waals surface area contributed by atoms with Gasteiger partial charge in [-0.1, -0.05) is 0 Å². The molecule has 0 atom stereocenters. The van der Waals surface area contributed by atoms with E-state index in [0.29, 0.717) is 0 Å². The van der Waals surface area contributed by atoms with Crippen molar-refractivity contribution in [1.82, 2.24) is 4.98 Å². The van der Waals surface area contributed by atoms with E-state index in [2.05, 4.69) is 4.98 Å². The highest BCUT2D eigenvalue weighted by Gasteiger charge is 2.13. The molecule has 1 rings (SSSR count). The Morgan fingerprint density at radius 3 is 2.73 bits per heavy atom. The van der Waals surface area contributed by atoms with Crippen LogP contribution in [-0.4, -0.2) is 30.1 Å². The van der Waals surface area contributed by atoms with E-state index in [9.17, 15) is 13.2 Å². The SMILES string of the molecule is CN(CC(F)F)c1ncc(F)cc1CO. The summed E-state index contributed by atoms with van der Waals surface area (Å²) in [6, 6.07) is 1.07. The normalized spacial score (nSPS) is 10.8. The summed E-state index contributed by atoms with van der Waals surface area (Å²) < 4.78 is 36.9. The lowest BCUT2D eigenvalue weighted by molar-refractivity contribution is 0.156. The second kappa shape index (κ2) is 4.97. The van der Waals surface area contributed by atoms with Gasteiger partial charge in [-0.2, -0.15) is 0 Å². The van der Waals surface area contributed by atoms with Crippen LogP contribution in [0.4, 0.5) is 19.0 Å². The fraction of sp³-hybridized carbons (Fsp3) is 0.444. The van der Waals surface area contributed by atoms with Crippen molar-refractivity contribution < 1.29 is 18.3 Å². The summed E-state index contributed by atoms with van der Waals surface area (Å²) in [5.74, 6) is -0.438. The van der Waals surface area contributed by atoms with Crippen molar-refractivity contribution in [2.24, 2.45) is 0 Å². The van der Waals surface area contributed by atoms with Crippen LogP contribution in [0.2, 0.25) is 0 Å². The number of aromatic nitrogens is 1. The first-order chi connectivity index (χ1) is 7.04. The van der Waals surface area contributed by atoms with Gasteiger partial charge in [0.25, 0.3) is 6.43 Å². The third kappa shape index (κ3) is 3.09. The Morgan fingerprint density at radius 1 is 1.53 bits per heavy atom. The average Bonchev–Trinajstić information content (AvgIpc) is 2.16. The van der Waals surface area contributed by atoms with E-state index < -0.39 is 25.4 Å². The quantitative estimate of drug-likeness (QED) is 0.833. The summed E-state index contributed by atoms with van der Waals surface area (Å²) >= 11 is 0. The summed E-state index contributed by atoms with van der Waals surface area (Å²) in [4.78, 5) is 4.84. The lowest BCUT2D eigenvalue weighted by atomic mass is 10.2. The summed E-state index contributed by atoms with van der Waals surface area (Å²) in [7, 11) is 1.41. The zero-order valence-corrected chi connectivity index (χ0v) is 8.12. The maximum atomic E-state index is 12.7. The molecule has 6 heteroatoms. The summed E-state index contributed by atoms with van der Waals surface area (Å²) in [5, 5.41) is 8.91. The minimum absolute atomic E-state index is 0.166. The number of pyridine rings is 1. The number of hydrogen-bond donors (Lipinski definition) is 1. The third-order valence-corrected chi connectivity index (χ3v) is 1.85. The molecule has 0 aliphatic rings.